The number of amides is 1. The molecule has 27 heavy (non-hydrogen) atoms. The molecule has 2 aromatic rings. The van der Waals surface area contributed by atoms with Crippen LogP contribution in [0.15, 0.2) is 24.4 Å². The van der Waals surface area contributed by atoms with Crippen molar-refractivity contribution >= 4 is 5.91 Å². The third kappa shape index (κ3) is 4.00. The first-order valence-electron chi connectivity index (χ1n) is 9.47. The van der Waals surface area contributed by atoms with Crippen molar-refractivity contribution in [2.24, 2.45) is 0 Å². The van der Waals surface area contributed by atoms with E-state index in [0.717, 1.165) is 51.4 Å². The van der Waals surface area contributed by atoms with Gasteiger partial charge in [-0.05, 0) is 38.3 Å². The highest BCUT2D eigenvalue weighted by molar-refractivity contribution is 5.92. The maximum absolute atomic E-state index is 13.9. The first-order valence-corrected chi connectivity index (χ1v) is 9.47. The molecule has 2 aliphatic heterocycles. The maximum Gasteiger partial charge on any atom is 0.276 e. The van der Waals surface area contributed by atoms with E-state index in [-0.39, 0.29) is 11.9 Å². The molecule has 2 saturated heterocycles. The van der Waals surface area contributed by atoms with Gasteiger partial charge in [0.25, 0.3) is 5.91 Å². The topological polar surface area (TPSA) is 54.3 Å². The molecule has 4 rings (SSSR count). The number of aromatic nitrogens is 3. The summed E-state index contributed by atoms with van der Waals surface area (Å²) in [6, 6.07) is 3.80. The zero-order valence-electron chi connectivity index (χ0n) is 15.2. The molecule has 0 aliphatic carbocycles. The number of carbonyl (C=O) groups excluding carboxylic acids is 1. The van der Waals surface area contributed by atoms with Crippen LogP contribution < -0.4 is 0 Å². The van der Waals surface area contributed by atoms with E-state index in [1.165, 1.54) is 12.1 Å². The van der Waals surface area contributed by atoms with Crippen LogP contribution in [0.2, 0.25) is 0 Å². The number of benzene rings is 1. The van der Waals surface area contributed by atoms with E-state index in [0.29, 0.717) is 24.3 Å². The van der Waals surface area contributed by atoms with Crippen LogP contribution in [-0.2, 0) is 6.54 Å². The average molecular weight is 375 g/mol. The van der Waals surface area contributed by atoms with Crippen LogP contribution >= 0.6 is 0 Å². The van der Waals surface area contributed by atoms with Crippen molar-refractivity contribution in [3.63, 3.8) is 0 Å². The largest absolute Gasteiger partial charge is 0.337 e. The van der Waals surface area contributed by atoms with Crippen molar-refractivity contribution in [1.82, 2.24) is 24.8 Å². The molecule has 1 atom stereocenters. The second-order valence-corrected chi connectivity index (χ2v) is 7.35. The number of halogens is 2. The monoisotopic (exact) mass is 375 g/mol. The molecular formula is C19H23F2N5O. The van der Waals surface area contributed by atoms with Gasteiger partial charge in [0.15, 0.2) is 5.69 Å². The smallest absolute Gasteiger partial charge is 0.276 e. The third-order valence-corrected chi connectivity index (χ3v) is 5.39. The van der Waals surface area contributed by atoms with Crippen LogP contribution in [0.5, 0.6) is 0 Å². The SMILES string of the molecule is O=C(c1cn(C2CCCN(Cc3ccc(F)cc3F)C2)nn1)N1CCCC1. The van der Waals surface area contributed by atoms with Gasteiger partial charge in [-0.1, -0.05) is 11.3 Å². The quantitative estimate of drug-likeness (QED) is 0.824. The molecule has 1 unspecified atom stereocenters. The Morgan fingerprint density at radius 1 is 1.15 bits per heavy atom. The van der Waals surface area contributed by atoms with Crippen molar-refractivity contribution in [3.05, 3.63) is 47.3 Å². The Labute approximate surface area is 156 Å². The molecule has 2 aliphatic rings. The molecule has 0 N–H and O–H groups in total. The van der Waals surface area contributed by atoms with Crippen molar-refractivity contribution in [3.8, 4) is 0 Å². The highest BCUT2D eigenvalue weighted by Gasteiger charge is 2.26. The molecule has 6 nitrogen and oxygen atoms in total. The average Bonchev–Trinajstić information content (AvgIpc) is 3.36. The van der Waals surface area contributed by atoms with Gasteiger partial charge in [0.1, 0.15) is 11.6 Å². The van der Waals surface area contributed by atoms with Crippen LogP contribution in [0.3, 0.4) is 0 Å². The number of carbonyl (C=O) groups is 1. The van der Waals surface area contributed by atoms with Crippen LogP contribution in [0, 0.1) is 11.6 Å². The molecule has 0 bridgehead atoms. The van der Waals surface area contributed by atoms with E-state index in [4.69, 9.17) is 0 Å². The summed E-state index contributed by atoms with van der Waals surface area (Å²) in [5.74, 6) is -1.14. The Morgan fingerprint density at radius 3 is 2.74 bits per heavy atom. The Balaban J connectivity index is 1.41. The molecule has 0 saturated carbocycles. The lowest BCUT2D eigenvalue weighted by Crippen LogP contribution is -2.36. The molecule has 0 radical (unpaired) electrons. The van der Waals surface area contributed by atoms with Crippen molar-refractivity contribution in [2.75, 3.05) is 26.2 Å². The van der Waals surface area contributed by atoms with Gasteiger partial charge in [-0.15, -0.1) is 5.10 Å². The van der Waals surface area contributed by atoms with Gasteiger partial charge in [0.05, 0.1) is 12.2 Å². The molecule has 1 aromatic heterocycles. The summed E-state index contributed by atoms with van der Waals surface area (Å²) in [6.45, 7) is 3.54. The highest BCUT2D eigenvalue weighted by Crippen LogP contribution is 2.23. The summed E-state index contributed by atoms with van der Waals surface area (Å²) in [7, 11) is 0. The predicted octanol–water partition coefficient (Wildman–Crippen LogP) is 2.63. The predicted molar refractivity (Wildman–Crippen MR) is 95.1 cm³/mol. The lowest BCUT2D eigenvalue weighted by molar-refractivity contribution is 0.0787. The Morgan fingerprint density at radius 2 is 1.96 bits per heavy atom. The Hall–Kier alpha value is -2.35. The lowest BCUT2D eigenvalue weighted by atomic mass is 10.0. The second-order valence-electron chi connectivity index (χ2n) is 7.35. The molecule has 8 heteroatoms. The van der Waals surface area contributed by atoms with Crippen molar-refractivity contribution in [2.45, 2.75) is 38.3 Å². The number of likely N-dealkylation sites (tertiary alicyclic amines) is 2. The first-order chi connectivity index (χ1) is 13.1. The van der Waals surface area contributed by atoms with Gasteiger partial charge in [-0.2, -0.15) is 0 Å². The summed E-state index contributed by atoms with van der Waals surface area (Å²) in [4.78, 5) is 16.4. The van der Waals surface area contributed by atoms with E-state index in [9.17, 15) is 13.6 Å². The van der Waals surface area contributed by atoms with Gasteiger partial charge in [0, 0.05) is 37.8 Å². The lowest BCUT2D eigenvalue weighted by Gasteiger charge is -2.32. The van der Waals surface area contributed by atoms with Gasteiger partial charge in [-0.25, -0.2) is 13.5 Å². The summed E-state index contributed by atoms with van der Waals surface area (Å²) >= 11 is 0. The fourth-order valence-electron chi connectivity index (χ4n) is 3.92. The van der Waals surface area contributed by atoms with E-state index >= 15 is 0 Å². The van der Waals surface area contributed by atoms with Gasteiger partial charge >= 0.3 is 0 Å². The van der Waals surface area contributed by atoms with E-state index in [2.05, 4.69) is 15.2 Å². The highest BCUT2D eigenvalue weighted by atomic mass is 19.1. The summed E-state index contributed by atoms with van der Waals surface area (Å²) in [5, 5.41) is 8.24. The second kappa shape index (κ2) is 7.72. The van der Waals surface area contributed by atoms with Gasteiger partial charge in [0.2, 0.25) is 0 Å². The molecule has 2 fully saturated rings. The van der Waals surface area contributed by atoms with E-state index in [1.807, 2.05) is 4.90 Å². The number of hydrogen-bond acceptors (Lipinski definition) is 4. The summed E-state index contributed by atoms with van der Waals surface area (Å²) in [6.07, 6.45) is 5.69. The van der Waals surface area contributed by atoms with Crippen LogP contribution in [0.25, 0.3) is 0 Å². The number of piperidine rings is 1. The molecule has 144 valence electrons. The normalized spacial score (nSPS) is 21.0. The zero-order valence-corrected chi connectivity index (χ0v) is 15.2. The maximum atomic E-state index is 13.9. The minimum Gasteiger partial charge on any atom is -0.337 e. The fourth-order valence-corrected chi connectivity index (χ4v) is 3.92. The van der Waals surface area contributed by atoms with E-state index in [1.54, 1.807) is 10.9 Å². The number of nitrogens with zero attached hydrogens (tertiary/aromatic N) is 5. The van der Waals surface area contributed by atoms with Gasteiger partial charge < -0.3 is 4.90 Å². The standard InChI is InChI=1S/C19H23F2N5O/c20-15-6-5-14(17(21)10-15)11-24-7-3-4-16(12-24)26-13-18(22-23-26)19(27)25-8-1-2-9-25/h5-6,10,13,16H,1-4,7-9,11-12H2. The fraction of sp³-hybridized carbons (Fsp3) is 0.526. The number of rotatable bonds is 4. The van der Waals surface area contributed by atoms with E-state index < -0.39 is 11.6 Å². The third-order valence-electron chi connectivity index (χ3n) is 5.39. The molecule has 0 spiro atoms. The van der Waals surface area contributed by atoms with Crippen LogP contribution in [-0.4, -0.2) is 56.9 Å². The minimum atomic E-state index is -0.564. The molecule has 1 amide bonds. The first kappa shape index (κ1) is 18.0. The van der Waals surface area contributed by atoms with Crippen molar-refractivity contribution < 1.29 is 13.6 Å². The summed E-state index contributed by atoms with van der Waals surface area (Å²) in [5.41, 5.74) is 0.874. The zero-order chi connectivity index (χ0) is 18.8. The Kier molecular flexibility index (Phi) is 5.15. The Bertz CT molecular complexity index is 818. The summed E-state index contributed by atoms with van der Waals surface area (Å²) < 4.78 is 28.8. The molecule has 3 heterocycles. The van der Waals surface area contributed by atoms with Crippen LogP contribution in [0.4, 0.5) is 8.78 Å². The van der Waals surface area contributed by atoms with Crippen LogP contribution in [0.1, 0.15) is 47.8 Å². The van der Waals surface area contributed by atoms with Crippen molar-refractivity contribution in [1.29, 1.82) is 0 Å². The van der Waals surface area contributed by atoms with Gasteiger partial charge in [-0.3, -0.25) is 9.69 Å². The minimum absolute atomic E-state index is 0.0557. The number of hydrogen-bond donors (Lipinski definition) is 0. The molecule has 1 aromatic carbocycles. The molecular weight excluding hydrogens is 352 g/mol.